The van der Waals surface area contributed by atoms with Crippen molar-refractivity contribution in [2.75, 3.05) is 43.6 Å². The van der Waals surface area contributed by atoms with Crippen LogP contribution in [0.15, 0.2) is 58.7 Å². The molecule has 2 aromatic rings. The van der Waals surface area contributed by atoms with E-state index in [1.807, 2.05) is 31.3 Å². The van der Waals surface area contributed by atoms with Gasteiger partial charge < -0.3 is 15.0 Å². The number of hydrogen-bond acceptors (Lipinski definition) is 5. The van der Waals surface area contributed by atoms with Gasteiger partial charge in [0.15, 0.2) is 0 Å². The summed E-state index contributed by atoms with van der Waals surface area (Å²) in [5.74, 6) is 0. The summed E-state index contributed by atoms with van der Waals surface area (Å²) >= 11 is 0. The van der Waals surface area contributed by atoms with Gasteiger partial charge in [0.2, 0.25) is 0 Å². The third kappa shape index (κ3) is 4.43. The van der Waals surface area contributed by atoms with Crippen LogP contribution in [0.3, 0.4) is 0 Å². The van der Waals surface area contributed by atoms with E-state index in [9.17, 15) is 0 Å². The molecule has 0 aromatic heterocycles. The third-order valence-corrected chi connectivity index (χ3v) is 3.95. The Balaban J connectivity index is 1.56. The summed E-state index contributed by atoms with van der Waals surface area (Å²) in [7, 11) is 1.90. The molecule has 1 saturated heterocycles. The number of anilines is 2. The van der Waals surface area contributed by atoms with Crippen LogP contribution < -0.4 is 10.2 Å². The molecule has 5 heteroatoms. The average Bonchev–Trinajstić information content (AvgIpc) is 2.67. The standard InChI is InChI=1S/C19H22N4O/c1-20-18-6-2-16(3-7-18)14-21-22-15-17-4-8-19(9-5-17)23-10-12-24-13-11-23/h2-9,14-15,20H,10-13H2,1H3/b21-14+,22-15+. The maximum Gasteiger partial charge on any atom is 0.0642 e. The summed E-state index contributed by atoms with van der Waals surface area (Å²) in [5.41, 5.74) is 4.36. The van der Waals surface area contributed by atoms with Gasteiger partial charge in [0.25, 0.3) is 0 Å². The van der Waals surface area contributed by atoms with E-state index in [2.05, 4.69) is 44.7 Å². The summed E-state index contributed by atoms with van der Waals surface area (Å²) in [6, 6.07) is 16.4. The van der Waals surface area contributed by atoms with Crippen LogP contribution >= 0.6 is 0 Å². The first-order valence-corrected chi connectivity index (χ1v) is 8.12. The molecular formula is C19H22N4O. The van der Waals surface area contributed by atoms with Crippen molar-refractivity contribution < 1.29 is 4.74 Å². The van der Waals surface area contributed by atoms with Crippen LogP contribution in [0.25, 0.3) is 0 Å². The predicted octanol–water partition coefficient (Wildman–Crippen LogP) is 3.02. The minimum absolute atomic E-state index is 0.799. The van der Waals surface area contributed by atoms with Crippen molar-refractivity contribution >= 4 is 23.8 Å². The zero-order valence-corrected chi connectivity index (χ0v) is 13.9. The van der Waals surface area contributed by atoms with Gasteiger partial charge in [-0.15, -0.1) is 0 Å². The maximum absolute atomic E-state index is 5.38. The van der Waals surface area contributed by atoms with E-state index in [0.717, 1.165) is 43.1 Å². The van der Waals surface area contributed by atoms with Crippen molar-refractivity contribution in [3.05, 3.63) is 59.7 Å². The highest BCUT2D eigenvalue weighted by Crippen LogP contribution is 2.16. The van der Waals surface area contributed by atoms with Gasteiger partial charge in [-0.25, -0.2) is 0 Å². The van der Waals surface area contributed by atoms with Gasteiger partial charge in [-0.1, -0.05) is 24.3 Å². The molecule has 0 unspecified atom stereocenters. The van der Waals surface area contributed by atoms with Gasteiger partial charge in [-0.2, -0.15) is 10.2 Å². The maximum atomic E-state index is 5.38. The molecule has 2 aromatic carbocycles. The molecule has 0 bridgehead atoms. The van der Waals surface area contributed by atoms with Gasteiger partial charge in [0.05, 0.1) is 25.6 Å². The van der Waals surface area contributed by atoms with Gasteiger partial charge in [-0.3, -0.25) is 0 Å². The smallest absolute Gasteiger partial charge is 0.0642 e. The highest BCUT2D eigenvalue weighted by atomic mass is 16.5. The zero-order valence-electron chi connectivity index (χ0n) is 13.9. The van der Waals surface area contributed by atoms with Crippen molar-refractivity contribution in [3.8, 4) is 0 Å². The van der Waals surface area contributed by atoms with Crippen LogP contribution in [0, 0.1) is 0 Å². The second kappa shape index (κ2) is 8.26. The lowest BCUT2D eigenvalue weighted by molar-refractivity contribution is 0.122. The molecule has 1 N–H and O–H groups in total. The Bertz CT molecular complexity index is 686. The Kier molecular flexibility index (Phi) is 5.58. The number of benzene rings is 2. The van der Waals surface area contributed by atoms with Crippen molar-refractivity contribution in [2.24, 2.45) is 10.2 Å². The molecule has 3 rings (SSSR count). The zero-order chi connectivity index (χ0) is 16.6. The summed E-state index contributed by atoms with van der Waals surface area (Å²) in [4.78, 5) is 2.33. The molecule has 1 aliphatic heterocycles. The van der Waals surface area contributed by atoms with Crippen molar-refractivity contribution in [3.63, 3.8) is 0 Å². The summed E-state index contributed by atoms with van der Waals surface area (Å²) in [6.45, 7) is 3.49. The topological polar surface area (TPSA) is 49.2 Å². The molecule has 5 nitrogen and oxygen atoms in total. The summed E-state index contributed by atoms with van der Waals surface area (Å²) in [5, 5.41) is 11.3. The molecule has 0 saturated carbocycles. The van der Waals surface area contributed by atoms with Crippen LogP contribution in [0.1, 0.15) is 11.1 Å². The predicted molar refractivity (Wildman–Crippen MR) is 101 cm³/mol. The Morgan fingerprint density at radius 2 is 1.42 bits per heavy atom. The van der Waals surface area contributed by atoms with Crippen molar-refractivity contribution in [1.82, 2.24) is 0 Å². The van der Waals surface area contributed by atoms with Crippen LogP contribution in [0.4, 0.5) is 11.4 Å². The highest BCUT2D eigenvalue weighted by molar-refractivity contribution is 5.83. The molecule has 0 atom stereocenters. The first kappa shape index (κ1) is 16.2. The second-order valence-electron chi connectivity index (χ2n) is 5.55. The quantitative estimate of drug-likeness (QED) is 0.680. The van der Waals surface area contributed by atoms with Crippen LogP contribution in [-0.2, 0) is 4.74 Å². The molecule has 1 aliphatic rings. The number of ether oxygens (including phenoxy) is 1. The van der Waals surface area contributed by atoms with E-state index in [0.29, 0.717) is 0 Å². The third-order valence-electron chi connectivity index (χ3n) is 3.95. The Morgan fingerprint density at radius 3 is 1.96 bits per heavy atom. The number of hydrogen-bond donors (Lipinski definition) is 1. The lowest BCUT2D eigenvalue weighted by Gasteiger charge is -2.28. The largest absolute Gasteiger partial charge is 0.388 e. The summed E-state index contributed by atoms with van der Waals surface area (Å²) < 4.78 is 5.38. The summed E-state index contributed by atoms with van der Waals surface area (Å²) in [6.07, 6.45) is 3.51. The number of morpholine rings is 1. The minimum Gasteiger partial charge on any atom is -0.388 e. The van der Waals surface area contributed by atoms with Gasteiger partial charge in [0.1, 0.15) is 0 Å². The Morgan fingerprint density at radius 1 is 0.875 bits per heavy atom. The van der Waals surface area contributed by atoms with Crippen molar-refractivity contribution in [1.29, 1.82) is 0 Å². The lowest BCUT2D eigenvalue weighted by atomic mass is 10.2. The SMILES string of the molecule is CNc1ccc(/C=N/N=C/c2ccc(N3CCOCC3)cc2)cc1. The van der Waals surface area contributed by atoms with Crippen LogP contribution in [0.5, 0.6) is 0 Å². The fourth-order valence-corrected chi connectivity index (χ4v) is 2.53. The molecule has 0 radical (unpaired) electrons. The van der Waals surface area contributed by atoms with E-state index in [4.69, 9.17) is 4.74 Å². The molecule has 0 spiro atoms. The van der Waals surface area contributed by atoms with Gasteiger partial charge in [-0.05, 0) is 35.4 Å². The molecule has 24 heavy (non-hydrogen) atoms. The molecule has 0 aliphatic carbocycles. The van der Waals surface area contributed by atoms with Crippen molar-refractivity contribution in [2.45, 2.75) is 0 Å². The highest BCUT2D eigenvalue weighted by Gasteiger charge is 2.10. The molecule has 1 fully saturated rings. The Hall–Kier alpha value is -2.66. The average molecular weight is 322 g/mol. The fourth-order valence-electron chi connectivity index (χ4n) is 2.53. The van der Waals surface area contributed by atoms with Crippen LogP contribution in [-0.4, -0.2) is 45.8 Å². The second-order valence-corrected chi connectivity index (χ2v) is 5.55. The number of rotatable bonds is 5. The molecule has 1 heterocycles. The molecule has 124 valence electrons. The normalized spacial score (nSPS) is 15.3. The minimum atomic E-state index is 0.799. The van der Waals surface area contributed by atoms with E-state index >= 15 is 0 Å². The lowest BCUT2D eigenvalue weighted by Crippen LogP contribution is -2.36. The van der Waals surface area contributed by atoms with E-state index in [1.54, 1.807) is 12.4 Å². The van der Waals surface area contributed by atoms with E-state index < -0.39 is 0 Å². The van der Waals surface area contributed by atoms with Gasteiger partial charge >= 0.3 is 0 Å². The molecular weight excluding hydrogens is 300 g/mol. The number of nitrogens with one attached hydrogen (secondary N) is 1. The fraction of sp³-hybridized carbons (Fsp3) is 0.263. The van der Waals surface area contributed by atoms with Gasteiger partial charge in [0, 0.05) is 31.5 Å². The van der Waals surface area contributed by atoms with E-state index in [-0.39, 0.29) is 0 Å². The first-order valence-electron chi connectivity index (χ1n) is 8.12. The Labute approximate surface area is 142 Å². The van der Waals surface area contributed by atoms with Crippen LogP contribution in [0.2, 0.25) is 0 Å². The molecule has 0 amide bonds. The monoisotopic (exact) mass is 322 g/mol. The van der Waals surface area contributed by atoms with E-state index in [1.165, 1.54) is 5.69 Å². The first-order chi connectivity index (χ1) is 11.8. The number of nitrogens with zero attached hydrogens (tertiary/aromatic N) is 3.